The van der Waals surface area contributed by atoms with Crippen molar-refractivity contribution in [2.24, 2.45) is 0 Å². The Morgan fingerprint density at radius 1 is 1.23 bits per heavy atom. The van der Waals surface area contributed by atoms with E-state index in [-0.39, 0.29) is 13.2 Å². The molecule has 0 radical (unpaired) electrons. The first-order valence-electron chi connectivity index (χ1n) is 7.12. The molecule has 2 rings (SSSR count). The molecule has 1 fully saturated rings. The standard InChI is InChI=1S/C15H18F3NO3/c16-15(17,18)11-3-5-12(6-4-11)22-10-9-19-13(20)14(21)7-1-2-8-14/h3-6,21H,1-2,7-10H2,(H,19,20). The normalized spacial score (nSPS) is 17.3. The first kappa shape index (κ1) is 16.6. The zero-order chi connectivity index (χ0) is 16.2. The molecule has 0 aromatic heterocycles. The lowest BCUT2D eigenvalue weighted by Crippen LogP contribution is -2.45. The molecule has 1 aromatic carbocycles. The number of ether oxygens (including phenoxy) is 1. The molecule has 0 atom stereocenters. The zero-order valence-corrected chi connectivity index (χ0v) is 11.9. The fourth-order valence-corrected chi connectivity index (χ4v) is 2.43. The molecule has 1 amide bonds. The van der Waals surface area contributed by atoms with Gasteiger partial charge in [-0.3, -0.25) is 4.79 Å². The second-order valence-corrected chi connectivity index (χ2v) is 5.37. The number of halogens is 3. The van der Waals surface area contributed by atoms with Crippen molar-refractivity contribution < 1.29 is 27.8 Å². The number of carbonyl (C=O) groups is 1. The van der Waals surface area contributed by atoms with Gasteiger partial charge in [0.15, 0.2) is 0 Å². The Hall–Kier alpha value is -1.76. The van der Waals surface area contributed by atoms with E-state index >= 15 is 0 Å². The van der Waals surface area contributed by atoms with Crippen molar-refractivity contribution in [1.82, 2.24) is 5.32 Å². The van der Waals surface area contributed by atoms with E-state index in [1.165, 1.54) is 12.1 Å². The van der Waals surface area contributed by atoms with E-state index in [0.29, 0.717) is 18.6 Å². The highest BCUT2D eigenvalue weighted by atomic mass is 19.4. The van der Waals surface area contributed by atoms with Gasteiger partial charge in [-0.2, -0.15) is 13.2 Å². The van der Waals surface area contributed by atoms with Crippen molar-refractivity contribution >= 4 is 5.91 Å². The summed E-state index contributed by atoms with van der Waals surface area (Å²) in [7, 11) is 0. The lowest BCUT2D eigenvalue weighted by molar-refractivity contribution is -0.139. The van der Waals surface area contributed by atoms with E-state index in [2.05, 4.69) is 5.32 Å². The molecule has 122 valence electrons. The van der Waals surface area contributed by atoms with Crippen molar-refractivity contribution in [2.45, 2.75) is 37.5 Å². The Labute approximate surface area is 126 Å². The van der Waals surface area contributed by atoms with Crippen LogP contribution in [0.2, 0.25) is 0 Å². The number of alkyl halides is 3. The predicted molar refractivity (Wildman–Crippen MR) is 73.4 cm³/mol. The van der Waals surface area contributed by atoms with Gasteiger partial charge >= 0.3 is 6.18 Å². The second-order valence-electron chi connectivity index (χ2n) is 5.37. The summed E-state index contributed by atoms with van der Waals surface area (Å²) in [5.74, 6) is -0.122. The molecule has 1 aliphatic carbocycles. The summed E-state index contributed by atoms with van der Waals surface area (Å²) in [6, 6.07) is 4.34. The summed E-state index contributed by atoms with van der Waals surface area (Å²) in [6.07, 6.45) is -1.81. The largest absolute Gasteiger partial charge is 0.492 e. The first-order chi connectivity index (χ1) is 10.3. The van der Waals surface area contributed by atoms with Gasteiger partial charge in [-0.15, -0.1) is 0 Å². The maximum absolute atomic E-state index is 12.4. The summed E-state index contributed by atoms with van der Waals surface area (Å²) >= 11 is 0. The van der Waals surface area contributed by atoms with Gasteiger partial charge in [-0.1, -0.05) is 0 Å². The minimum absolute atomic E-state index is 0.118. The van der Waals surface area contributed by atoms with E-state index in [9.17, 15) is 23.1 Å². The van der Waals surface area contributed by atoms with Gasteiger partial charge in [0.25, 0.3) is 5.91 Å². The molecule has 22 heavy (non-hydrogen) atoms. The van der Waals surface area contributed by atoms with Crippen molar-refractivity contribution in [1.29, 1.82) is 0 Å². The van der Waals surface area contributed by atoms with Crippen molar-refractivity contribution in [2.75, 3.05) is 13.2 Å². The smallest absolute Gasteiger partial charge is 0.416 e. The highest BCUT2D eigenvalue weighted by Crippen LogP contribution is 2.30. The van der Waals surface area contributed by atoms with E-state index in [0.717, 1.165) is 25.0 Å². The minimum Gasteiger partial charge on any atom is -0.492 e. The van der Waals surface area contributed by atoms with Crippen LogP contribution in [0, 0.1) is 0 Å². The minimum atomic E-state index is -4.37. The Morgan fingerprint density at radius 3 is 2.36 bits per heavy atom. The molecule has 1 aromatic rings. The molecule has 0 saturated heterocycles. The predicted octanol–water partition coefficient (Wildman–Crippen LogP) is 2.51. The molecule has 0 heterocycles. The maximum Gasteiger partial charge on any atom is 0.416 e. The number of hydrogen-bond acceptors (Lipinski definition) is 3. The monoisotopic (exact) mass is 317 g/mol. The van der Waals surface area contributed by atoms with Gasteiger partial charge in [-0.05, 0) is 49.9 Å². The quantitative estimate of drug-likeness (QED) is 0.821. The lowest BCUT2D eigenvalue weighted by atomic mass is 10.0. The fourth-order valence-electron chi connectivity index (χ4n) is 2.43. The zero-order valence-electron chi connectivity index (χ0n) is 11.9. The highest BCUT2D eigenvalue weighted by molar-refractivity contribution is 5.85. The van der Waals surface area contributed by atoms with E-state index < -0.39 is 23.2 Å². The van der Waals surface area contributed by atoms with Crippen LogP contribution in [0.1, 0.15) is 31.2 Å². The molecule has 0 bridgehead atoms. The molecule has 1 saturated carbocycles. The summed E-state index contributed by atoms with van der Waals surface area (Å²) in [6.45, 7) is 0.301. The topological polar surface area (TPSA) is 58.6 Å². The lowest BCUT2D eigenvalue weighted by Gasteiger charge is -2.20. The van der Waals surface area contributed by atoms with Gasteiger partial charge in [0, 0.05) is 0 Å². The van der Waals surface area contributed by atoms with Crippen LogP contribution in [-0.4, -0.2) is 29.8 Å². The number of benzene rings is 1. The highest BCUT2D eigenvalue weighted by Gasteiger charge is 2.38. The van der Waals surface area contributed by atoms with Gasteiger partial charge in [0.1, 0.15) is 18.0 Å². The molecule has 0 spiro atoms. The van der Waals surface area contributed by atoms with Gasteiger partial charge in [0.2, 0.25) is 0 Å². The third kappa shape index (κ3) is 4.13. The molecule has 2 N–H and O–H groups in total. The fraction of sp³-hybridized carbons (Fsp3) is 0.533. The SMILES string of the molecule is O=C(NCCOc1ccc(C(F)(F)F)cc1)C1(O)CCCC1. The first-order valence-corrected chi connectivity index (χ1v) is 7.12. The van der Waals surface area contributed by atoms with Crippen LogP contribution < -0.4 is 10.1 Å². The van der Waals surface area contributed by atoms with Gasteiger partial charge in [0.05, 0.1) is 12.1 Å². The van der Waals surface area contributed by atoms with Crippen molar-refractivity contribution in [3.8, 4) is 5.75 Å². The maximum atomic E-state index is 12.4. The third-order valence-electron chi connectivity index (χ3n) is 3.69. The van der Waals surface area contributed by atoms with Crippen molar-refractivity contribution in [3.63, 3.8) is 0 Å². The second kappa shape index (κ2) is 6.56. The number of aliphatic hydroxyl groups is 1. The molecule has 7 heteroatoms. The number of carbonyl (C=O) groups excluding carboxylic acids is 1. The van der Waals surface area contributed by atoms with Crippen LogP contribution in [-0.2, 0) is 11.0 Å². The van der Waals surface area contributed by atoms with Gasteiger partial charge < -0.3 is 15.2 Å². The van der Waals surface area contributed by atoms with E-state index in [1.807, 2.05) is 0 Å². The van der Waals surface area contributed by atoms with Crippen LogP contribution in [0.3, 0.4) is 0 Å². The van der Waals surface area contributed by atoms with Crippen LogP contribution in [0.5, 0.6) is 5.75 Å². The average molecular weight is 317 g/mol. The molecule has 1 aliphatic rings. The third-order valence-corrected chi connectivity index (χ3v) is 3.69. The Kier molecular flexibility index (Phi) is 4.95. The number of rotatable bonds is 5. The van der Waals surface area contributed by atoms with Crippen molar-refractivity contribution in [3.05, 3.63) is 29.8 Å². The Morgan fingerprint density at radius 2 is 1.82 bits per heavy atom. The van der Waals surface area contributed by atoms with Crippen LogP contribution in [0.4, 0.5) is 13.2 Å². The number of nitrogens with one attached hydrogen (secondary N) is 1. The Balaban J connectivity index is 1.74. The van der Waals surface area contributed by atoms with Crippen LogP contribution in [0.15, 0.2) is 24.3 Å². The van der Waals surface area contributed by atoms with Crippen LogP contribution in [0.25, 0.3) is 0 Å². The number of amides is 1. The van der Waals surface area contributed by atoms with Crippen LogP contribution >= 0.6 is 0 Å². The number of hydrogen-bond donors (Lipinski definition) is 2. The average Bonchev–Trinajstić information content (AvgIpc) is 2.91. The van der Waals surface area contributed by atoms with E-state index in [4.69, 9.17) is 4.74 Å². The van der Waals surface area contributed by atoms with E-state index in [1.54, 1.807) is 0 Å². The molecule has 4 nitrogen and oxygen atoms in total. The molecule has 0 unspecified atom stereocenters. The summed E-state index contributed by atoms with van der Waals surface area (Å²) < 4.78 is 42.4. The molecule has 0 aliphatic heterocycles. The summed E-state index contributed by atoms with van der Waals surface area (Å²) in [5, 5.41) is 12.6. The molecular weight excluding hydrogens is 299 g/mol. The van der Waals surface area contributed by atoms with Gasteiger partial charge in [-0.25, -0.2) is 0 Å². The summed E-state index contributed by atoms with van der Waals surface area (Å²) in [4.78, 5) is 11.8. The molecular formula is C15H18F3NO3. The summed E-state index contributed by atoms with van der Waals surface area (Å²) in [5.41, 5.74) is -2.02. The Bertz CT molecular complexity index is 508.